The number of alkyl halides is 1. The monoisotopic (exact) mass is 216 g/mol. The third-order valence-electron chi connectivity index (χ3n) is 1.08. The van der Waals surface area contributed by atoms with Gasteiger partial charge in [-0.2, -0.15) is 0 Å². The van der Waals surface area contributed by atoms with E-state index in [1.54, 1.807) is 0 Å². The molecule has 0 N–H and O–H groups in total. The molecule has 0 aromatic rings. The van der Waals surface area contributed by atoms with Gasteiger partial charge < -0.3 is 4.79 Å². The first-order chi connectivity index (χ1) is 5.27. The van der Waals surface area contributed by atoms with Gasteiger partial charge in [0, 0.05) is 11.2 Å². The molecule has 0 saturated carbocycles. The summed E-state index contributed by atoms with van der Waals surface area (Å²) in [6, 6.07) is 0. The molecule has 0 heterocycles. The van der Waals surface area contributed by atoms with E-state index in [4.69, 9.17) is 0 Å². The van der Waals surface area contributed by atoms with Gasteiger partial charge >= 0.3 is 0 Å². The Morgan fingerprint density at radius 2 is 2.00 bits per heavy atom. The van der Waals surface area contributed by atoms with E-state index in [1.807, 2.05) is 18.2 Å². The fourth-order valence-corrected chi connectivity index (χ4v) is 0.773. The molecule has 11 heavy (non-hydrogen) atoms. The average Bonchev–Trinajstić information content (AvgIpc) is 1.96. The number of hydrogen-bond acceptors (Lipinski definition) is 1. The van der Waals surface area contributed by atoms with Gasteiger partial charge in [-0.3, -0.25) is 0 Å². The Morgan fingerprint density at radius 3 is 2.55 bits per heavy atom. The molecule has 0 radical (unpaired) electrons. The third kappa shape index (κ3) is 9.63. The molecule has 0 amide bonds. The number of allylic oxidation sites excluding steroid dienone is 4. The van der Waals surface area contributed by atoms with Crippen LogP contribution >= 0.6 is 15.9 Å². The van der Waals surface area contributed by atoms with Crippen LogP contribution in [0.2, 0.25) is 0 Å². The minimum Gasteiger partial charge on any atom is -0.303 e. The standard InChI is InChI=1S/C9H13BrO/c1-9(10)7-5-3-2-4-6-8-11/h2-5,8-9H,6-7H2,1H3/b4-2+,5-3+. The zero-order chi connectivity index (χ0) is 8.53. The summed E-state index contributed by atoms with van der Waals surface area (Å²) in [6.45, 7) is 2.10. The van der Waals surface area contributed by atoms with Crippen molar-refractivity contribution in [3.05, 3.63) is 24.3 Å². The van der Waals surface area contributed by atoms with Crippen molar-refractivity contribution in [2.45, 2.75) is 24.6 Å². The first-order valence-electron chi connectivity index (χ1n) is 3.66. The Balaban J connectivity index is 3.35. The van der Waals surface area contributed by atoms with Gasteiger partial charge in [0.1, 0.15) is 6.29 Å². The van der Waals surface area contributed by atoms with E-state index in [1.165, 1.54) is 0 Å². The predicted molar refractivity (Wildman–Crippen MR) is 52.0 cm³/mol. The lowest BCUT2D eigenvalue weighted by molar-refractivity contribution is -0.107. The molecule has 0 rings (SSSR count). The first kappa shape index (κ1) is 10.6. The van der Waals surface area contributed by atoms with E-state index >= 15 is 0 Å². The molecule has 2 heteroatoms. The van der Waals surface area contributed by atoms with Crippen LogP contribution in [0.15, 0.2) is 24.3 Å². The summed E-state index contributed by atoms with van der Waals surface area (Å²) in [7, 11) is 0. The maximum Gasteiger partial charge on any atom is 0.123 e. The van der Waals surface area contributed by atoms with E-state index in [0.717, 1.165) is 12.7 Å². The second-order valence-electron chi connectivity index (χ2n) is 2.28. The number of aldehydes is 1. The van der Waals surface area contributed by atoms with E-state index in [9.17, 15) is 4.79 Å². The van der Waals surface area contributed by atoms with Crippen LogP contribution in [-0.4, -0.2) is 11.1 Å². The van der Waals surface area contributed by atoms with Crippen molar-refractivity contribution in [1.29, 1.82) is 0 Å². The van der Waals surface area contributed by atoms with Crippen LogP contribution < -0.4 is 0 Å². The topological polar surface area (TPSA) is 17.1 Å². The van der Waals surface area contributed by atoms with Crippen molar-refractivity contribution >= 4 is 22.2 Å². The van der Waals surface area contributed by atoms with E-state index in [0.29, 0.717) is 11.2 Å². The summed E-state index contributed by atoms with van der Waals surface area (Å²) < 4.78 is 0. The second kappa shape index (κ2) is 7.73. The average molecular weight is 217 g/mol. The van der Waals surface area contributed by atoms with Gasteiger partial charge in [0.25, 0.3) is 0 Å². The largest absolute Gasteiger partial charge is 0.303 e. The number of carbonyl (C=O) groups excluding carboxylic acids is 1. The molecule has 0 aliphatic rings. The Morgan fingerprint density at radius 1 is 1.36 bits per heavy atom. The van der Waals surface area contributed by atoms with E-state index in [2.05, 4.69) is 28.9 Å². The summed E-state index contributed by atoms with van der Waals surface area (Å²) in [5, 5.41) is 0. The highest BCUT2D eigenvalue weighted by atomic mass is 79.9. The zero-order valence-corrected chi connectivity index (χ0v) is 8.25. The summed E-state index contributed by atoms with van der Waals surface area (Å²) in [4.78, 5) is 10.4. The van der Waals surface area contributed by atoms with Crippen molar-refractivity contribution in [3.8, 4) is 0 Å². The van der Waals surface area contributed by atoms with Crippen molar-refractivity contribution in [3.63, 3.8) is 0 Å². The molecular formula is C9H13BrO. The van der Waals surface area contributed by atoms with Gasteiger partial charge in [0.2, 0.25) is 0 Å². The smallest absolute Gasteiger partial charge is 0.123 e. The number of hydrogen-bond donors (Lipinski definition) is 0. The molecule has 0 bridgehead atoms. The molecule has 1 nitrogen and oxygen atoms in total. The van der Waals surface area contributed by atoms with Gasteiger partial charge in [-0.15, -0.1) is 0 Å². The molecular weight excluding hydrogens is 204 g/mol. The van der Waals surface area contributed by atoms with E-state index < -0.39 is 0 Å². The van der Waals surface area contributed by atoms with Crippen LogP contribution in [0.4, 0.5) is 0 Å². The molecule has 0 aliphatic heterocycles. The lowest BCUT2D eigenvalue weighted by Gasteiger charge is -1.92. The SMILES string of the molecule is CC(Br)C/C=C/C=C/CC=O. The van der Waals surface area contributed by atoms with Crippen LogP contribution in [0.5, 0.6) is 0 Å². The Kier molecular flexibility index (Phi) is 7.47. The molecule has 0 spiro atoms. The van der Waals surface area contributed by atoms with E-state index in [-0.39, 0.29) is 0 Å². The Labute approximate surface area is 76.3 Å². The molecule has 1 unspecified atom stereocenters. The highest BCUT2D eigenvalue weighted by Crippen LogP contribution is 2.03. The quantitative estimate of drug-likeness (QED) is 0.393. The van der Waals surface area contributed by atoms with Crippen molar-refractivity contribution < 1.29 is 4.79 Å². The number of carbonyl (C=O) groups is 1. The molecule has 0 aromatic carbocycles. The molecule has 0 aliphatic carbocycles. The highest BCUT2D eigenvalue weighted by Gasteiger charge is 1.86. The Bertz CT molecular complexity index is 148. The van der Waals surface area contributed by atoms with Crippen LogP contribution in [0.3, 0.4) is 0 Å². The Hall–Kier alpha value is -0.370. The van der Waals surface area contributed by atoms with Crippen molar-refractivity contribution in [2.75, 3.05) is 0 Å². The summed E-state index contributed by atoms with van der Waals surface area (Å²) in [5.74, 6) is 0. The number of rotatable bonds is 5. The minimum absolute atomic E-state index is 0.508. The van der Waals surface area contributed by atoms with Gasteiger partial charge in [-0.25, -0.2) is 0 Å². The number of halogens is 1. The first-order valence-corrected chi connectivity index (χ1v) is 4.58. The maximum atomic E-state index is 9.86. The van der Waals surface area contributed by atoms with Crippen molar-refractivity contribution in [1.82, 2.24) is 0 Å². The molecule has 1 atom stereocenters. The van der Waals surface area contributed by atoms with Gasteiger partial charge in [-0.1, -0.05) is 47.2 Å². The normalized spacial score (nSPS) is 14.4. The molecule has 0 saturated heterocycles. The fourth-order valence-electron chi connectivity index (χ4n) is 0.557. The maximum absolute atomic E-state index is 9.86. The van der Waals surface area contributed by atoms with Gasteiger partial charge in [0.15, 0.2) is 0 Å². The van der Waals surface area contributed by atoms with Crippen LogP contribution in [0.25, 0.3) is 0 Å². The lowest BCUT2D eigenvalue weighted by atomic mass is 10.3. The van der Waals surface area contributed by atoms with Gasteiger partial charge in [-0.05, 0) is 6.42 Å². The molecule has 0 fully saturated rings. The lowest BCUT2D eigenvalue weighted by Crippen LogP contribution is -1.83. The summed E-state index contributed by atoms with van der Waals surface area (Å²) in [5.41, 5.74) is 0. The molecule has 0 aromatic heterocycles. The molecule has 62 valence electrons. The van der Waals surface area contributed by atoms with Crippen LogP contribution in [0, 0.1) is 0 Å². The fraction of sp³-hybridized carbons (Fsp3) is 0.444. The second-order valence-corrected chi connectivity index (χ2v) is 3.84. The summed E-state index contributed by atoms with van der Waals surface area (Å²) in [6.07, 6.45) is 10.2. The summed E-state index contributed by atoms with van der Waals surface area (Å²) >= 11 is 3.43. The van der Waals surface area contributed by atoms with Gasteiger partial charge in [0.05, 0.1) is 0 Å². The van der Waals surface area contributed by atoms with Crippen LogP contribution in [-0.2, 0) is 4.79 Å². The predicted octanol–water partition coefficient (Wildman–Crippen LogP) is 2.86. The highest BCUT2D eigenvalue weighted by molar-refractivity contribution is 9.09. The van der Waals surface area contributed by atoms with Crippen LogP contribution in [0.1, 0.15) is 19.8 Å². The minimum atomic E-state index is 0.508. The van der Waals surface area contributed by atoms with Crippen molar-refractivity contribution in [2.24, 2.45) is 0 Å². The zero-order valence-electron chi connectivity index (χ0n) is 6.66. The third-order valence-corrected chi connectivity index (χ3v) is 1.45.